The van der Waals surface area contributed by atoms with Crippen LogP contribution < -0.4 is 24.5 Å². The summed E-state index contributed by atoms with van der Waals surface area (Å²) in [5, 5.41) is 7.94. The summed E-state index contributed by atoms with van der Waals surface area (Å²) in [7, 11) is 10.9. The van der Waals surface area contributed by atoms with E-state index in [-0.39, 0.29) is 37.9 Å². The quantitative estimate of drug-likeness (QED) is 0.150. The number of hydrogen-bond donors (Lipinski definition) is 0. The minimum atomic E-state index is -0.00482. The lowest BCUT2D eigenvalue weighted by Crippen LogP contribution is -2.31. The maximum Gasteiger partial charge on any atom is 0.0529 e. The standard InChI is InChI=1S/2C25H25N.3C20H19N.10C2H6/c1-24(2)18-11-7-6-10-16(18)17-14-23-21(15-20(17)24)25(3,4)19-12-8-9-13-22(19)26(23)5;1-24(2)18-11-7-6-10-16(18)17-14-21-23(15-20(17)24)26(5)22-13-9-8-12-19(22)25(21,3)4;1-20(2)16-10-6-7-11-18(16)21(3)19-13-15-9-5-4-8-14(15)12-17(19)20;1-20(2)16-10-6-7-11-18(16)21(3)19-15-9-5-4-8-14(15)12-13-17(19)20;1-20(2)16-10-6-7-11-17(16)21(3)18-13-12-14-8-4-5-9-15(14)19(18)20;10*1-2/h2*6-15H,1-5H3;3*4-13H,1-3H3;10*1-2H3. The van der Waals surface area contributed by atoms with E-state index < -0.39 is 0 Å². The Kier molecular flexibility index (Phi) is 37.0. The summed E-state index contributed by atoms with van der Waals surface area (Å²) in [5.41, 5.74) is 38.8. The first-order valence-electron chi connectivity index (χ1n) is 51.3. The van der Waals surface area contributed by atoms with Crippen molar-refractivity contribution in [3.05, 3.63) is 381 Å². The van der Waals surface area contributed by atoms with Gasteiger partial charge in [-0.25, -0.2) is 0 Å². The molecule has 2 aliphatic carbocycles. The predicted octanol–water partition coefficient (Wildman–Crippen LogP) is 38.8. The van der Waals surface area contributed by atoms with Crippen LogP contribution >= 0.6 is 0 Å². The zero-order chi connectivity index (χ0) is 100. The fraction of sp³-hybridized carbons (Fsp3) is 0.354. The summed E-state index contributed by atoms with van der Waals surface area (Å²) in [6.45, 7) is 72.8. The molecule has 5 aliphatic heterocycles. The van der Waals surface area contributed by atoms with Crippen molar-refractivity contribution in [2.24, 2.45) is 0 Å². The van der Waals surface area contributed by atoms with Crippen molar-refractivity contribution in [2.45, 2.75) is 273 Å². The molecular weight excluding hydrogens is 1630 g/mol. The highest BCUT2D eigenvalue weighted by atomic mass is 15.1. The Morgan fingerprint density at radius 2 is 0.407 bits per heavy atom. The van der Waals surface area contributed by atoms with Gasteiger partial charge < -0.3 is 24.5 Å². The number of benzene rings is 15. The van der Waals surface area contributed by atoms with Gasteiger partial charge >= 0.3 is 0 Å². The Balaban J connectivity index is 0.000000198. The third kappa shape index (κ3) is 19.5. The second-order valence-corrected chi connectivity index (χ2v) is 36.8. The van der Waals surface area contributed by atoms with Crippen molar-refractivity contribution < 1.29 is 0 Å². The zero-order valence-electron chi connectivity index (χ0n) is 90.6. The van der Waals surface area contributed by atoms with Crippen LogP contribution in [-0.2, 0) is 37.9 Å². The van der Waals surface area contributed by atoms with E-state index in [0.717, 1.165) is 0 Å². The monoisotopic (exact) mass is 1800 g/mol. The molecule has 0 aromatic heterocycles. The van der Waals surface area contributed by atoms with Crippen LogP contribution in [0, 0.1) is 0 Å². The summed E-state index contributed by atoms with van der Waals surface area (Å²) in [6.07, 6.45) is 0. The lowest BCUT2D eigenvalue weighted by atomic mass is 9.71. The molecule has 22 rings (SSSR count). The first kappa shape index (κ1) is 108. The molecule has 135 heavy (non-hydrogen) atoms. The lowest BCUT2D eigenvalue weighted by molar-refractivity contribution is 0.618. The second-order valence-electron chi connectivity index (χ2n) is 36.8. The highest BCUT2D eigenvalue weighted by Gasteiger charge is 2.45. The van der Waals surface area contributed by atoms with Crippen molar-refractivity contribution in [3.63, 3.8) is 0 Å². The predicted molar refractivity (Wildman–Crippen MR) is 607 cm³/mol. The van der Waals surface area contributed by atoms with E-state index in [9.17, 15) is 0 Å². The molecule has 0 bridgehead atoms. The third-order valence-corrected chi connectivity index (χ3v) is 27.9. The van der Waals surface area contributed by atoms with Crippen LogP contribution in [0.5, 0.6) is 0 Å². The van der Waals surface area contributed by atoms with Crippen LogP contribution in [0.1, 0.15) is 313 Å². The van der Waals surface area contributed by atoms with Gasteiger partial charge in [0.25, 0.3) is 0 Å². The number of fused-ring (bicyclic) bond motifs is 21. The topological polar surface area (TPSA) is 16.2 Å². The first-order chi connectivity index (χ1) is 65.0. The molecular formula is C130H167N5. The SMILES string of the molecule is CC.CC.CC.CC.CC.CC.CC.CC.CC.CC.CN1c2ccccc2C(C)(C)c2c1ccc1ccccc21.CN1c2ccccc2C(C)(C)c2cc3c(cc21)-c1ccccc1C3(C)C.CN1c2ccccc2C(C)(C)c2cc3c(cc21)C(C)(C)c1ccccc1-3.CN1c2ccccc2C(C)(C)c2cc3ccccc3cc21.CN1c2ccccc2C(C)(C)c2ccc3ccccc3c21. The minimum absolute atomic E-state index is 0.00167. The highest BCUT2D eigenvalue weighted by molar-refractivity contribution is 6.01. The summed E-state index contributed by atoms with van der Waals surface area (Å²) >= 11 is 0. The van der Waals surface area contributed by atoms with E-state index in [1.807, 2.05) is 138 Å². The molecule has 0 radical (unpaired) electrons. The average Bonchev–Trinajstić information content (AvgIpc) is 1.54. The van der Waals surface area contributed by atoms with Crippen molar-refractivity contribution in [1.82, 2.24) is 0 Å². The van der Waals surface area contributed by atoms with E-state index >= 15 is 0 Å². The average molecular weight is 1800 g/mol. The van der Waals surface area contributed by atoms with Crippen LogP contribution in [0.25, 0.3) is 54.6 Å². The Morgan fingerprint density at radius 3 is 0.822 bits per heavy atom. The molecule has 0 spiro atoms. The molecule has 5 heteroatoms. The van der Waals surface area contributed by atoms with E-state index in [4.69, 9.17) is 0 Å². The van der Waals surface area contributed by atoms with Gasteiger partial charge in [-0.05, 0) is 194 Å². The Hall–Kier alpha value is -11.9. The molecule has 5 nitrogen and oxygen atoms in total. The third-order valence-electron chi connectivity index (χ3n) is 27.9. The van der Waals surface area contributed by atoms with Gasteiger partial charge in [0.15, 0.2) is 0 Å². The Bertz CT molecular complexity index is 6410. The maximum absolute atomic E-state index is 2.48. The van der Waals surface area contributed by atoms with Crippen LogP contribution in [0.15, 0.2) is 303 Å². The summed E-state index contributed by atoms with van der Waals surface area (Å²) in [4.78, 5) is 11.7. The van der Waals surface area contributed by atoms with Crippen LogP contribution in [-0.4, -0.2) is 35.2 Å². The minimum Gasteiger partial charge on any atom is -0.344 e. The fourth-order valence-electron chi connectivity index (χ4n) is 21.2. The van der Waals surface area contributed by atoms with Gasteiger partial charge in [-0.3, -0.25) is 0 Å². The lowest BCUT2D eigenvalue weighted by Gasteiger charge is -2.41. The summed E-state index contributed by atoms with van der Waals surface area (Å²) in [5.74, 6) is 0. The molecule has 0 N–H and O–H groups in total. The molecule has 15 aromatic carbocycles. The van der Waals surface area contributed by atoms with Gasteiger partial charge in [0.05, 0.1) is 5.69 Å². The number of hydrogen-bond acceptors (Lipinski definition) is 5. The van der Waals surface area contributed by atoms with Gasteiger partial charge in [-0.15, -0.1) is 0 Å². The normalized spacial score (nSPS) is 14.7. The molecule has 0 fully saturated rings. The van der Waals surface area contributed by atoms with E-state index in [1.54, 1.807) is 0 Å². The molecule has 0 amide bonds. The first-order valence-corrected chi connectivity index (χ1v) is 51.3. The van der Waals surface area contributed by atoms with Gasteiger partial charge in [0, 0.05) is 130 Å². The molecule has 0 saturated heterocycles. The van der Waals surface area contributed by atoms with E-state index in [2.05, 4.69) is 460 Å². The van der Waals surface area contributed by atoms with Gasteiger partial charge in [-0.2, -0.15) is 0 Å². The number of anilines is 10. The number of nitrogens with zero attached hydrogens (tertiary/aromatic N) is 5. The van der Waals surface area contributed by atoms with Crippen LogP contribution in [0.3, 0.4) is 0 Å². The largest absolute Gasteiger partial charge is 0.344 e. The van der Waals surface area contributed by atoms with Gasteiger partial charge in [0.1, 0.15) is 0 Å². The maximum atomic E-state index is 2.48. The summed E-state index contributed by atoms with van der Waals surface area (Å²) in [6, 6.07) is 111. The number of rotatable bonds is 0. The van der Waals surface area contributed by atoms with Crippen LogP contribution in [0.4, 0.5) is 56.9 Å². The second kappa shape index (κ2) is 46.1. The Morgan fingerprint density at radius 1 is 0.148 bits per heavy atom. The van der Waals surface area contributed by atoms with Crippen molar-refractivity contribution in [2.75, 3.05) is 59.7 Å². The van der Waals surface area contributed by atoms with E-state index in [0.29, 0.717) is 0 Å². The van der Waals surface area contributed by atoms with Crippen LogP contribution in [0.2, 0.25) is 0 Å². The molecule has 0 saturated carbocycles. The zero-order valence-corrected chi connectivity index (χ0v) is 90.6. The smallest absolute Gasteiger partial charge is 0.0529 e. The van der Waals surface area contributed by atoms with Gasteiger partial charge in [-0.1, -0.05) is 472 Å². The molecule has 15 aromatic rings. The molecule has 7 aliphatic rings. The highest BCUT2D eigenvalue weighted by Crippen LogP contribution is 2.60. The van der Waals surface area contributed by atoms with Crippen molar-refractivity contribution >= 4 is 89.2 Å². The molecule has 0 unspecified atom stereocenters. The molecule has 712 valence electrons. The molecule has 0 atom stereocenters. The van der Waals surface area contributed by atoms with Crippen molar-refractivity contribution in [3.8, 4) is 22.3 Å². The van der Waals surface area contributed by atoms with E-state index in [1.165, 1.54) is 189 Å². The summed E-state index contributed by atoms with van der Waals surface area (Å²) < 4.78 is 0. The van der Waals surface area contributed by atoms with Crippen molar-refractivity contribution in [1.29, 1.82) is 0 Å². The number of para-hydroxylation sites is 5. The Labute approximate surface area is 820 Å². The van der Waals surface area contributed by atoms with Gasteiger partial charge in [0.2, 0.25) is 0 Å². The fourth-order valence-corrected chi connectivity index (χ4v) is 21.2. The molecule has 5 heterocycles.